The highest BCUT2D eigenvalue weighted by molar-refractivity contribution is 5.94. The second kappa shape index (κ2) is 9.31. The summed E-state index contributed by atoms with van der Waals surface area (Å²) in [5.74, 6) is -0.920. The van der Waals surface area contributed by atoms with Crippen molar-refractivity contribution in [2.75, 3.05) is 19.6 Å². The molecule has 1 atom stereocenters. The van der Waals surface area contributed by atoms with E-state index in [9.17, 15) is 18.8 Å². The molecule has 0 spiro atoms. The standard InChI is InChI=1S/C25H29FN4O3/c1-4-18-15-28(11-12-29(18)16(2)3)24(32)20-13-17(9-10-21(20)26)14-30-22-8-6-5-7-19(22)23(31)27-25(30)33/h5-10,13,16,18H,4,11-12,14-15H2,1-3H3,(H,27,31,33). The van der Waals surface area contributed by atoms with Gasteiger partial charge in [0.2, 0.25) is 0 Å². The SMILES string of the molecule is CCC1CN(C(=O)c2cc(Cn3c(=O)[nH]c(=O)c4ccccc43)ccc2F)CCN1C(C)C. The van der Waals surface area contributed by atoms with Crippen molar-refractivity contribution in [3.8, 4) is 0 Å². The molecular formula is C25H29FN4O3. The third-order valence-electron chi connectivity index (χ3n) is 6.46. The first-order chi connectivity index (χ1) is 15.8. The average Bonchev–Trinajstić information content (AvgIpc) is 2.81. The summed E-state index contributed by atoms with van der Waals surface area (Å²) in [6, 6.07) is 11.8. The van der Waals surface area contributed by atoms with Crippen LogP contribution in [0.5, 0.6) is 0 Å². The first-order valence-electron chi connectivity index (χ1n) is 11.4. The minimum Gasteiger partial charge on any atom is -0.336 e. The van der Waals surface area contributed by atoms with Gasteiger partial charge in [-0.3, -0.25) is 24.0 Å². The molecule has 0 aliphatic carbocycles. The van der Waals surface area contributed by atoms with Gasteiger partial charge < -0.3 is 4.90 Å². The van der Waals surface area contributed by atoms with Crippen LogP contribution in [0.4, 0.5) is 4.39 Å². The van der Waals surface area contributed by atoms with E-state index in [1.165, 1.54) is 16.7 Å². The van der Waals surface area contributed by atoms with E-state index in [1.807, 2.05) is 0 Å². The van der Waals surface area contributed by atoms with Gasteiger partial charge in [0.05, 0.1) is 23.0 Å². The lowest BCUT2D eigenvalue weighted by molar-refractivity contribution is 0.0368. The minimum atomic E-state index is -0.582. The zero-order valence-corrected chi connectivity index (χ0v) is 19.2. The summed E-state index contributed by atoms with van der Waals surface area (Å²) in [4.78, 5) is 44.3. The van der Waals surface area contributed by atoms with Gasteiger partial charge in [-0.2, -0.15) is 0 Å². The maximum absolute atomic E-state index is 14.7. The van der Waals surface area contributed by atoms with Gasteiger partial charge in [0.15, 0.2) is 0 Å². The molecule has 2 heterocycles. The molecule has 1 saturated heterocycles. The summed E-state index contributed by atoms with van der Waals surface area (Å²) in [6.45, 7) is 8.35. The van der Waals surface area contributed by atoms with Crippen molar-refractivity contribution in [2.45, 2.75) is 45.8 Å². The van der Waals surface area contributed by atoms with Crippen molar-refractivity contribution in [1.82, 2.24) is 19.4 Å². The Morgan fingerprint density at radius 1 is 1.15 bits per heavy atom. The van der Waals surface area contributed by atoms with E-state index in [-0.39, 0.29) is 24.1 Å². The van der Waals surface area contributed by atoms with Crippen LogP contribution in [0, 0.1) is 5.82 Å². The Hall–Kier alpha value is -3.26. The Morgan fingerprint density at radius 3 is 2.64 bits per heavy atom. The Kier molecular flexibility index (Phi) is 6.47. The number of H-pyrrole nitrogens is 1. The second-order valence-electron chi connectivity index (χ2n) is 8.82. The lowest BCUT2D eigenvalue weighted by Crippen LogP contribution is -2.56. The number of hydrogen-bond donors (Lipinski definition) is 1. The highest BCUT2D eigenvalue weighted by Crippen LogP contribution is 2.20. The van der Waals surface area contributed by atoms with Gasteiger partial charge in [-0.05, 0) is 50.1 Å². The van der Waals surface area contributed by atoms with Crippen molar-refractivity contribution in [3.63, 3.8) is 0 Å². The van der Waals surface area contributed by atoms with Crippen molar-refractivity contribution in [1.29, 1.82) is 0 Å². The van der Waals surface area contributed by atoms with E-state index in [0.29, 0.717) is 35.6 Å². The van der Waals surface area contributed by atoms with Gasteiger partial charge >= 0.3 is 5.69 Å². The Morgan fingerprint density at radius 2 is 1.91 bits per heavy atom. The number of rotatable bonds is 5. The van der Waals surface area contributed by atoms with Crippen LogP contribution < -0.4 is 11.2 Å². The fourth-order valence-corrected chi connectivity index (χ4v) is 4.68. The molecule has 174 valence electrons. The normalized spacial score (nSPS) is 17.1. The molecule has 1 aliphatic heterocycles. The smallest absolute Gasteiger partial charge is 0.329 e. The number of fused-ring (bicyclic) bond motifs is 1. The summed E-state index contributed by atoms with van der Waals surface area (Å²) in [7, 11) is 0. The zero-order chi connectivity index (χ0) is 23.7. The fourth-order valence-electron chi connectivity index (χ4n) is 4.68. The zero-order valence-electron chi connectivity index (χ0n) is 19.2. The monoisotopic (exact) mass is 452 g/mol. The highest BCUT2D eigenvalue weighted by atomic mass is 19.1. The lowest BCUT2D eigenvalue weighted by Gasteiger charge is -2.43. The number of para-hydroxylation sites is 1. The van der Waals surface area contributed by atoms with Crippen LogP contribution in [0.2, 0.25) is 0 Å². The summed E-state index contributed by atoms with van der Waals surface area (Å²) in [5, 5.41) is 0.393. The van der Waals surface area contributed by atoms with Crippen molar-refractivity contribution < 1.29 is 9.18 Å². The molecular weight excluding hydrogens is 423 g/mol. The van der Waals surface area contributed by atoms with E-state index in [4.69, 9.17) is 0 Å². The average molecular weight is 453 g/mol. The van der Waals surface area contributed by atoms with E-state index in [0.717, 1.165) is 13.0 Å². The van der Waals surface area contributed by atoms with Gasteiger partial charge in [0.1, 0.15) is 5.82 Å². The first-order valence-corrected chi connectivity index (χ1v) is 11.4. The van der Waals surface area contributed by atoms with Gasteiger partial charge in [0, 0.05) is 31.7 Å². The number of amides is 1. The molecule has 1 aliphatic rings. The first kappa shape index (κ1) is 22.9. The van der Waals surface area contributed by atoms with Crippen LogP contribution in [-0.4, -0.2) is 57.0 Å². The molecule has 0 radical (unpaired) electrons. The number of aromatic nitrogens is 2. The molecule has 0 saturated carbocycles. The molecule has 1 fully saturated rings. The van der Waals surface area contributed by atoms with Crippen LogP contribution in [-0.2, 0) is 6.54 Å². The van der Waals surface area contributed by atoms with Crippen molar-refractivity contribution in [3.05, 3.63) is 80.2 Å². The predicted octanol–water partition coefficient (Wildman–Crippen LogP) is 2.82. The van der Waals surface area contributed by atoms with Gasteiger partial charge in [-0.25, -0.2) is 9.18 Å². The lowest BCUT2D eigenvalue weighted by atomic mass is 10.0. The Balaban J connectivity index is 1.63. The summed E-state index contributed by atoms with van der Waals surface area (Å²) in [5.41, 5.74) is 0.0902. The van der Waals surface area contributed by atoms with Crippen LogP contribution >= 0.6 is 0 Å². The third kappa shape index (κ3) is 4.48. The van der Waals surface area contributed by atoms with Crippen molar-refractivity contribution in [2.24, 2.45) is 0 Å². The molecule has 4 rings (SSSR count). The minimum absolute atomic E-state index is 0.00197. The van der Waals surface area contributed by atoms with Gasteiger partial charge in [0.25, 0.3) is 11.5 Å². The third-order valence-corrected chi connectivity index (χ3v) is 6.46. The van der Waals surface area contributed by atoms with Gasteiger partial charge in [-0.15, -0.1) is 0 Å². The summed E-state index contributed by atoms with van der Waals surface area (Å²) >= 11 is 0. The van der Waals surface area contributed by atoms with Crippen LogP contribution in [0.1, 0.15) is 43.1 Å². The van der Waals surface area contributed by atoms with E-state index >= 15 is 0 Å². The molecule has 1 aromatic heterocycles. The second-order valence-corrected chi connectivity index (χ2v) is 8.82. The Labute approximate surface area is 191 Å². The van der Waals surface area contributed by atoms with E-state index in [1.54, 1.807) is 35.2 Å². The topological polar surface area (TPSA) is 78.4 Å². The molecule has 1 unspecified atom stereocenters. The van der Waals surface area contributed by atoms with E-state index < -0.39 is 17.1 Å². The van der Waals surface area contributed by atoms with Crippen LogP contribution in [0.15, 0.2) is 52.1 Å². The fraction of sp³-hybridized carbons (Fsp3) is 0.400. The number of nitrogens with one attached hydrogen (secondary N) is 1. The molecule has 3 aromatic rings. The molecule has 8 heteroatoms. The van der Waals surface area contributed by atoms with Gasteiger partial charge in [-0.1, -0.05) is 25.1 Å². The van der Waals surface area contributed by atoms with Crippen LogP contribution in [0.25, 0.3) is 10.9 Å². The number of carbonyl (C=O) groups is 1. The highest BCUT2D eigenvalue weighted by Gasteiger charge is 2.31. The number of aromatic amines is 1. The largest absolute Gasteiger partial charge is 0.336 e. The molecule has 7 nitrogen and oxygen atoms in total. The number of benzene rings is 2. The number of piperazine rings is 1. The number of carbonyl (C=O) groups excluding carboxylic acids is 1. The molecule has 1 amide bonds. The van der Waals surface area contributed by atoms with Crippen molar-refractivity contribution >= 4 is 16.8 Å². The molecule has 33 heavy (non-hydrogen) atoms. The maximum Gasteiger partial charge on any atom is 0.329 e. The predicted molar refractivity (Wildman–Crippen MR) is 126 cm³/mol. The number of hydrogen-bond acceptors (Lipinski definition) is 4. The number of halogens is 1. The summed E-state index contributed by atoms with van der Waals surface area (Å²) in [6.07, 6.45) is 0.909. The van der Waals surface area contributed by atoms with Crippen LogP contribution in [0.3, 0.4) is 0 Å². The summed E-state index contributed by atoms with van der Waals surface area (Å²) < 4.78 is 16.1. The maximum atomic E-state index is 14.7. The Bertz CT molecular complexity index is 1300. The van der Waals surface area contributed by atoms with E-state index in [2.05, 4.69) is 30.7 Å². The molecule has 2 aromatic carbocycles. The quantitative estimate of drug-likeness (QED) is 0.646. The number of nitrogens with zero attached hydrogens (tertiary/aromatic N) is 3. The molecule has 0 bridgehead atoms. The molecule has 1 N–H and O–H groups in total.